The van der Waals surface area contributed by atoms with Gasteiger partial charge in [-0.15, -0.1) is 6.58 Å². The molecular weight excluding hydrogens is 172 g/mol. The van der Waals surface area contributed by atoms with E-state index in [-0.39, 0.29) is 0 Å². The van der Waals surface area contributed by atoms with E-state index in [1.807, 2.05) is 37.3 Å². The monoisotopic (exact) mass is 190 g/mol. The highest BCUT2D eigenvalue weighted by Crippen LogP contribution is 2.16. The van der Waals surface area contributed by atoms with Crippen LogP contribution in [0.3, 0.4) is 0 Å². The number of aliphatic hydroxyl groups is 1. The van der Waals surface area contributed by atoms with Crippen molar-refractivity contribution in [1.29, 1.82) is 0 Å². The Kier molecular flexibility index (Phi) is 4.41. The lowest BCUT2D eigenvalue weighted by Crippen LogP contribution is -2.05. The van der Waals surface area contributed by atoms with Gasteiger partial charge in [0.1, 0.15) is 0 Å². The molecule has 1 aliphatic rings. The third-order valence-corrected chi connectivity index (χ3v) is 2.27. The Morgan fingerprint density at radius 1 is 1.43 bits per heavy atom. The zero-order valence-corrected chi connectivity index (χ0v) is 8.74. The van der Waals surface area contributed by atoms with E-state index in [0.29, 0.717) is 0 Å². The maximum absolute atomic E-state index is 9.70. The molecule has 1 atom stereocenters. The quantitative estimate of drug-likeness (QED) is 0.675. The van der Waals surface area contributed by atoms with Crippen LogP contribution in [0.4, 0.5) is 0 Å². The second kappa shape index (κ2) is 5.61. The zero-order chi connectivity index (χ0) is 10.4. The molecule has 0 aromatic heterocycles. The first kappa shape index (κ1) is 11.0. The normalized spacial score (nSPS) is 20.4. The van der Waals surface area contributed by atoms with Crippen molar-refractivity contribution in [2.24, 2.45) is 0 Å². The van der Waals surface area contributed by atoms with Gasteiger partial charge in [0.25, 0.3) is 0 Å². The SMILES string of the molecule is C=C(C)CCCC1=CC=CC=CC1O. The number of aliphatic hydroxyl groups excluding tert-OH is 1. The van der Waals surface area contributed by atoms with Crippen LogP contribution in [0.2, 0.25) is 0 Å². The van der Waals surface area contributed by atoms with Crippen LogP contribution < -0.4 is 0 Å². The fourth-order valence-corrected chi connectivity index (χ4v) is 1.46. The molecular formula is C13H18O. The van der Waals surface area contributed by atoms with E-state index in [1.54, 1.807) is 0 Å². The molecule has 0 saturated carbocycles. The summed E-state index contributed by atoms with van der Waals surface area (Å²) in [6.45, 7) is 5.90. The lowest BCUT2D eigenvalue weighted by atomic mass is 10.0. The minimum absolute atomic E-state index is 0.407. The van der Waals surface area contributed by atoms with Crippen LogP contribution in [-0.4, -0.2) is 11.2 Å². The summed E-state index contributed by atoms with van der Waals surface area (Å²) in [6.07, 6.45) is 12.3. The van der Waals surface area contributed by atoms with Gasteiger partial charge in [-0.2, -0.15) is 0 Å². The Labute approximate surface area is 86.1 Å². The van der Waals surface area contributed by atoms with Crippen molar-refractivity contribution in [3.05, 3.63) is 48.1 Å². The molecule has 0 saturated heterocycles. The molecule has 1 aliphatic carbocycles. The Hall–Kier alpha value is -1.08. The van der Waals surface area contributed by atoms with Crippen LogP contribution in [0.5, 0.6) is 0 Å². The molecule has 0 aliphatic heterocycles. The van der Waals surface area contributed by atoms with Crippen molar-refractivity contribution in [3.8, 4) is 0 Å². The topological polar surface area (TPSA) is 20.2 Å². The Bertz CT molecular complexity index is 282. The highest BCUT2D eigenvalue weighted by Gasteiger charge is 2.07. The minimum Gasteiger partial charge on any atom is -0.385 e. The summed E-state index contributed by atoms with van der Waals surface area (Å²) < 4.78 is 0. The molecule has 0 aromatic carbocycles. The molecule has 1 nitrogen and oxygen atoms in total. The van der Waals surface area contributed by atoms with Gasteiger partial charge in [-0.3, -0.25) is 0 Å². The molecule has 0 aromatic rings. The van der Waals surface area contributed by atoms with Crippen LogP contribution in [0.25, 0.3) is 0 Å². The summed E-state index contributed by atoms with van der Waals surface area (Å²) in [4.78, 5) is 0. The first-order valence-corrected chi connectivity index (χ1v) is 5.06. The summed E-state index contributed by atoms with van der Waals surface area (Å²) in [7, 11) is 0. The lowest BCUT2D eigenvalue weighted by molar-refractivity contribution is 0.254. The van der Waals surface area contributed by atoms with Gasteiger partial charge in [-0.25, -0.2) is 0 Å². The van der Waals surface area contributed by atoms with Crippen molar-refractivity contribution >= 4 is 0 Å². The highest BCUT2D eigenvalue weighted by atomic mass is 16.3. The molecule has 0 bridgehead atoms. The van der Waals surface area contributed by atoms with Gasteiger partial charge < -0.3 is 5.11 Å². The largest absolute Gasteiger partial charge is 0.385 e. The van der Waals surface area contributed by atoms with Crippen molar-refractivity contribution in [3.63, 3.8) is 0 Å². The van der Waals surface area contributed by atoms with E-state index in [4.69, 9.17) is 0 Å². The Balaban J connectivity index is 2.42. The predicted octanol–water partition coefficient (Wildman–Crippen LogP) is 3.15. The number of hydrogen-bond acceptors (Lipinski definition) is 1. The first-order valence-electron chi connectivity index (χ1n) is 5.06. The van der Waals surface area contributed by atoms with Gasteiger partial charge in [0.15, 0.2) is 0 Å². The Morgan fingerprint density at radius 3 is 2.93 bits per heavy atom. The van der Waals surface area contributed by atoms with Gasteiger partial charge in [0.2, 0.25) is 0 Å². The molecule has 0 heterocycles. The molecule has 1 heteroatoms. The number of hydrogen-bond donors (Lipinski definition) is 1. The average molecular weight is 190 g/mol. The summed E-state index contributed by atoms with van der Waals surface area (Å²) in [5, 5.41) is 9.70. The van der Waals surface area contributed by atoms with Crippen molar-refractivity contribution in [2.75, 3.05) is 0 Å². The standard InChI is InChI=1S/C13H18O/c1-11(2)7-6-9-12-8-4-3-5-10-13(12)14/h3-5,8,10,13-14H,1,6-7,9H2,2H3. The van der Waals surface area contributed by atoms with Gasteiger partial charge >= 0.3 is 0 Å². The molecule has 1 rings (SSSR count). The van der Waals surface area contributed by atoms with Crippen LogP contribution >= 0.6 is 0 Å². The van der Waals surface area contributed by atoms with Crippen LogP contribution in [0, 0.1) is 0 Å². The van der Waals surface area contributed by atoms with E-state index in [2.05, 4.69) is 6.58 Å². The zero-order valence-electron chi connectivity index (χ0n) is 8.74. The average Bonchev–Trinajstić information content (AvgIpc) is 2.31. The second-order valence-corrected chi connectivity index (χ2v) is 3.77. The van der Waals surface area contributed by atoms with Crippen molar-refractivity contribution in [2.45, 2.75) is 32.3 Å². The van der Waals surface area contributed by atoms with E-state index in [1.165, 1.54) is 5.57 Å². The maximum atomic E-state index is 9.70. The third-order valence-electron chi connectivity index (χ3n) is 2.27. The molecule has 1 unspecified atom stereocenters. The number of allylic oxidation sites excluding steroid dienone is 5. The summed E-state index contributed by atoms with van der Waals surface area (Å²) in [6, 6.07) is 0. The van der Waals surface area contributed by atoms with E-state index < -0.39 is 6.10 Å². The first-order chi connectivity index (χ1) is 6.70. The smallest absolute Gasteiger partial charge is 0.0937 e. The Morgan fingerprint density at radius 2 is 2.21 bits per heavy atom. The molecule has 0 fully saturated rings. The molecule has 76 valence electrons. The van der Waals surface area contributed by atoms with Crippen LogP contribution in [0.15, 0.2) is 48.1 Å². The number of rotatable bonds is 4. The highest BCUT2D eigenvalue weighted by molar-refractivity contribution is 5.27. The predicted molar refractivity (Wildman–Crippen MR) is 61.0 cm³/mol. The van der Waals surface area contributed by atoms with Crippen molar-refractivity contribution in [1.82, 2.24) is 0 Å². The molecule has 0 spiro atoms. The fourth-order valence-electron chi connectivity index (χ4n) is 1.46. The second-order valence-electron chi connectivity index (χ2n) is 3.77. The van der Waals surface area contributed by atoms with Gasteiger partial charge in [-0.1, -0.05) is 36.0 Å². The molecule has 1 N–H and O–H groups in total. The van der Waals surface area contributed by atoms with Crippen LogP contribution in [0.1, 0.15) is 26.2 Å². The maximum Gasteiger partial charge on any atom is 0.0937 e. The molecule has 0 amide bonds. The van der Waals surface area contributed by atoms with Crippen molar-refractivity contribution < 1.29 is 5.11 Å². The fraction of sp³-hybridized carbons (Fsp3) is 0.385. The van der Waals surface area contributed by atoms with E-state index >= 15 is 0 Å². The van der Waals surface area contributed by atoms with E-state index in [0.717, 1.165) is 24.8 Å². The van der Waals surface area contributed by atoms with Gasteiger partial charge in [0.05, 0.1) is 6.10 Å². The third kappa shape index (κ3) is 3.75. The minimum atomic E-state index is -0.407. The lowest BCUT2D eigenvalue weighted by Gasteiger charge is -2.10. The summed E-state index contributed by atoms with van der Waals surface area (Å²) in [5.41, 5.74) is 2.30. The van der Waals surface area contributed by atoms with Crippen LogP contribution in [-0.2, 0) is 0 Å². The van der Waals surface area contributed by atoms with E-state index in [9.17, 15) is 5.11 Å². The molecule has 14 heavy (non-hydrogen) atoms. The summed E-state index contributed by atoms with van der Waals surface area (Å²) in [5.74, 6) is 0. The molecule has 0 radical (unpaired) electrons. The summed E-state index contributed by atoms with van der Waals surface area (Å²) >= 11 is 0. The van der Waals surface area contributed by atoms with Gasteiger partial charge in [-0.05, 0) is 31.8 Å². The van der Waals surface area contributed by atoms with Gasteiger partial charge in [0, 0.05) is 0 Å².